The Hall–Kier alpha value is -0.550. The van der Waals surface area contributed by atoms with Crippen LogP contribution in [-0.4, -0.2) is 32.3 Å². The number of hydrogen-bond donors (Lipinski definition) is 1. The molecule has 1 N–H and O–H groups in total. The first-order chi connectivity index (χ1) is 7.93. The highest BCUT2D eigenvalue weighted by atomic mass is 32.2. The third-order valence-corrected chi connectivity index (χ3v) is 4.53. The molecule has 0 aromatic carbocycles. The quantitative estimate of drug-likeness (QED) is 0.850. The first-order valence-electron chi connectivity index (χ1n) is 6.15. The average molecular weight is 238 g/mol. The van der Waals surface area contributed by atoms with Gasteiger partial charge in [0.05, 0.1) is 6.04 Å². The number of aryl methyl sites for hydroxylation is 1. The first-order valence-corrected chi connectivity index (χ1v) is 7.30. The summed E-state index contributed by atoms with van der Waals surface area (Å²) in [5, 5.41) is 8.02. The van der Waals surface area contributed by atoms with Crippen molar-refractivity contribution in [3.63, 3.8) is 0 Å². The lowest BCUT2D eigenvalue weighted by molar-refractivity contribution is 0.325. The Labute approximate surface area is 100 Å². The molecule has 1 atom stereocenters. The highest BCUT2D eigenvalue weighted by Crippen LogP contribution is 2.25. The Bertz CT molecular complexity index is 346. The Morgan fingerprint density at radius 2 is 2.19 bits per heavy atom. The van der Waals surface area contributed by atoms with Gasteiger partial charge in [-0.3, -0.25) is 0 Å². The van der Waals surface area contributed by atoms with Crippen LogP contribution < -0.4 is 5.32 Å². The summed E-state index contributed by atoms with van der Waals surface area (Å²) in [5.74, 6) is 3.75. The molecular weight excluding hydrogens is 220 g/mol. The third-order valence-electron chi connectivity index (χ3n) is 3.48. The summed E-state index contributed by atoms with van der Waals surface area (Å²) in [6, 6.07) is 1.12. The molecule has 0 aliphatic carbocycles. The molecule has 1 fully saturated rings. The number of hydrogen-bond acceptors (Lipinski definition) is 4. The van der Waals surface area contributed by atoms with Crippen molar-refractivity contribution in [1.82, 2.24) is 20.1 Å². The normalized spacial score (nSPS) is 26.6. The highest BCUT2D eigenvalue weighted by Gasteiger charge is 2.25. The minimum absolute atomic E-state index is 0.435. The number of nitrogens with zero attached hydrogens (tertiary/aromatic N) is 3. The van der Waals surface area contributed by atoms with E-state index in [9.17, 15) is 0 Å². The van der Waals surface area contributed by atoms with Gasteiger partial charge in [-0.15, -0.1) is 0 Å². The molecule has 0 spiro atoms. The van der Waals surface area contributed by atoms with E-state index in [1.165, 1.54) is 37.2 Å². The molecule has 88 valence electrons. The second-order valence-corrected chi connectivity index (χ2v) is 5.81. The molecule has 1 aromatic rings. The van der Waals surface area contributed by atoms with E-state index in [2.05, 4.69) is 31.8 Å². The van der Waals surface area contributed by atoms with Crippen molar-refractivity contribution >= 4 is 11.8 Å². The van der Waals surface area contributed by atoms with E-state index < -0.39 is 0 Å². The summed E-state index contributed by atoms with van der Waals surface area (Å²) in [6.07, 6.45) is 6.72. The molecule has 5 heteroatoms. The molecule has 1 aromatic heterocycles. The van der Waals surface area contributed by atoms with Crippen LogP contribution in [0.4, 0.5) is 0 Å². The summed E-state index contributed by atoms with van der Waals surface area (Å²) < 4.78 is 2.05. The van der Waals surface area contributed by atoms with Gasteiger partial charge in [0, 0.05) is 12.6 Å². The molecule has 0 amide bonds. The maximum atomic E-state index is 4.39. The Balaban J connectivity index is 1.67. The van der Waals surface area contributed by atoms with E-state index in [4.69, 9.17) is 0 Å². The summed E-state index contributed by atoms with van der Waals surface area (Å²) in [4.78, 5) is 4.39. The lowest BCUT2D eigenvalue weighted by Crippen LogP contribution is -2.38. The van der Waals surface area contributed by atoms with Gasteiger partial charge in [0.1, 0.15) is 12.2 Å². The van der Waals surface area contributed by atoms with Crippen molar-refractivity contribution in [2.45, 2.75) is 44.3 Å². The largest absolute Gasteiger partial charge is 0.304 e. The minimum atomic E-state index is 0.435. The Kier molecular flexibility index (Phi) is 3.15. The average Bonchev–Trinajstić information content (AvgIpc) is 2.80. The van der Waals surface area contributed by atoms with Crippen LogP contribution in [0.2, 0.25) is 0 Å². The van der Waals surface area contributed by atoms with Gasteiger partial charge in [-0.1, -0.05) is 0 Å². The molecular formula is C11H18N4S. The molecule has 1 unspecified atom stereocenters. The standard InChI is InChI=1S/C11H18N4S/c1-2-10(11-12-8-13-15(11)5-1)14-9-3-6-16-7-4-9/h8-10,14H,1-7H2. The van der Waals surface area contributed by atoms with Crippen molar-refractivity contribution in [3.05, 3.63) is 12.2 Å². The number of aromatic nitrogens is 3. The van der Waals surface area contributed by atoms with Crippen molar-refractivity contribution in [2.75, 3.05) is 11.5 Å². The van der Waals surface area contributed by atoms with Crippen LogP contribution in [-0.2, 0) is 6.54 Å². The van der Waals surface area contributed by atoms with Crippen LogP contribution in [0.15, 0.2) is 6.33 Å². The Morgan fingerprint density at radius 3 is 3.06 bits per heavy atom. The number of thioether (sulfide) groups is 1. The van der Waals surface area contributed by atoms with Crippen molar-refractivity contribution in [1.29, 1.82) is 0 Å². The van der Waals surface area contributed by atoms with Crippen LogP contribution in [0.3, 0.4) is 0 Å². The fourth-order valence-electron chi connectivity index (χ4n) is 2.60. The zero-order chi connectivity index (χ0) is 10.8. The van der Waals surface area contributed by atoms with Crippen LogP contribution in [0, 0.1) is 0 Å². The predicted molar refractivity (Wildman–Crippen MR) is 65.5 cm³/mol. The smallest absolute Gasteiger partial charge is 0.143 e. The fourth-order valence-corrected chi connectivity index (χ4v) is 3.70. The molecule has 0 saturated carbocycles. The highest BCUT2D eigenvalue weighted by molar-refractivity contribution is 7.99. The molecule has 16 heavy (non-hydrogen) atoms. The summed E-state index contributed by atoms with van der Waals surface area (Å²) in [6.45, 7) is 1.04. The topological polar surface area (TPSA) is 42.7 Å². The number of fused-ring (bicyclic) bond motifs is 1. The van der Waals surface area contributed by atoms with Crippen molar-refractivity contribution in [2.24, 2.45) is 0 Å². The lowest BCUT2D eigenvalue weighted by atomic mass is 10.0. The van der Waals surface area contributed by atoms with Gasteiger partial charge in [0.15, 0.2) is 0 Å². The number of nitrogens with one attached hydrogen (secondary N) is 1. The molecule has 2 aliphatic heterocycles. The predicted octanol–water partition coefficient (Wildman–Crippen LogP) is 1.60. The second kappa shape index (κ2) is 4.75. The zero-order valence-corrected chi connectivity index (χ0v) is 10.2. The molecule has 0 bridgehead atoms. The fraction of sp³-hybridized carbons (Fsp3) is 0.818. The van der Waals surface area contributed by atoms with Crippen LogP contribution in [0.1, 0.15) is 37.5 Å². The minimum Gasteiger partial charge on any atom is -0.304 e. The molecule has 3 rings (SSSR count). The van der Waals surface area contributed by atoms with E-state index >= 15 is 0 Å². The number of rotatable bonds is 2. The summed E-state index contributed by atoms with van der Waals surface area (Å²) in [7, 11) is 0. The van der Waals surface area contributed by atoms with Crippen molar-refractivity contribution < 1.29 is 0 Å². The van der Waals surface area contributed by atoms with Gasteiger partial charge < -0.3 is 5.32 Å². The second-order valence-electron chi connectivity index (χ2n) is 4.59. The molecule has 2 aliphatic rings. The third kappa shape index (κ3) is 2.11. The van der Waals surface area contributed by atoms with Crippen molar-refractivity contribution in [3.8, 4) is 0 Å². The molecule has 1 saturated heterocycles. The van der Waals surface area contributed by atoms with Gasteiger partial charge >= 0.3 is 0 Å². The van der Waals surface area contributed by atoms with Crippen LogP contribution in [0.5, 0.6) is 0 Å². The monoisotopic (exact) mass is 238 g/mol. The lowest BCUT2D eigenvalue weighted by Gasteiger charge is -2.30. The van der Waals surface area contributed by atoms with E-state index in [1.807, 2.05) is 0 Å². The molecule has 0 radical (unpaired) electrons. The first kappa shape index (κ1) is 10.6. The SMILES string of the molecule is c1nc2n(n1)CCCC2NC1CCSCC1. The summed E-state index contributed by atoms with van der Waals surface area (Å²) >= 11 is 2.07. The summed E-state index contributed by atoms with van der Waals surface area (Å²) in [5.41, 5.74) is 0. The van der Waals surface area contributed by atoms with Gasteiger partial charge in [-0.05, 0) is 37.2 Å². The maximum Gasteiger partial charge on any atom is 0.143 e. The van der Waals surface area contributed by atoms with Gasteiger partial charge in [0.2, 0.25) is 0 Å². The molecule has 3 heterocycles. The van der Waals surface area contributed by atoms with E-state index in [0.29, 0.717) is 12.1 Å². The van der Waals surface area contributed by atoms with E-state index in [-0.39, 0.29) is 0 Å². The van der Waals surface area contributed by atoms with Gasteiger partial charge in [-0.2, -0.15) is 16.9 Å². The van der Waals surface area contributed by atoms with E-state index in [1.54, 1.807) is 6.33 Å². The van der Waals surface area contributed by atoms with Gasteiger partial charge in [-0.25, -0.2) is 9.67 Å². The van der Waals surface area contributed by atoms with Crippen LogP contribution >= 0.6 is 11.8 Å². The molecule has 4 nitrogen and oxygen atoms in total. The van der Waals surface area contributed by atoms with E-state index in [0.717, 1.165) is 12.4 Å². The van der Waals surface area contributed by atoms with Gasteiger partial charge in [0.25, 0.3) is 0 Å². The maximum absolute atomic E-state index is 4.39. The van der Waals surface area contributed by atoms with Crippen LogP contribution in [0.25, 0.3) is 0 Å². The zero-order valence-electron chi connectivity index (χ0n) is 9.43. The Morgan fingerprint density at radius 1 is 1.31 bits per heavy atom.